The van der Waals surface area contributed by atoms with Gasteiger partial charge in [0.25, 0.3) is 0 Å². The van der Waals surface area contributed by atoms with Gasteiger partial charge in [0.2, 0.25) is 0 Å². The van der Waals surface area contributed by atoms with Gasteiger partial charge in [-0.25, -0.2) is 0 Å². The number of esters is 1. The summed E-state index contributed by atoms with van der Waals surface area (Å²) in [7, 11) is 0. The van der Waals surface area contributed by atoms with E-state index < -0.39 is 17.4 Å². The van der Waals surface area contributed by atoms with Gasteiger partial charge in [-0.15, -0.1) is 0 Å². The highest BCUT2D eigenvalue weighted by atomic mass is 16.5. The van der Waals surface area contributed by atoms with Crippen molar-refractivity contribution in [1.29, 1.82) is 0 Å². The summed E-state index contributed by atoms with van der Waals surface area (Å²) in [5.74, 6) is -1.71. The second-order valence-electron chi connectivity index (χ2n) is 5.23. The average Bonchev–Trinajstić information content (AvgIpc) is 2.84. The lowest BCUT2D eigenvalue weighted by Crippen LogP contribution is -2.40. The smallest absolute Gasteiger partial charge is 0.324 e. The van der Waals surface area contributed by atoms with Crippen LogP contribution in [0.25, 0.3) is 0 Å². The van der Waals surface area contributed by atoms with Gasteiger partial charge in [-0.2, -0.15) is 0 Å². The zero-order valence-electron chi connectivity index (χ0n) is 11.9. The number of rotatable bonds is 5. The first-order chi connectivity index (χ1) is 9.55. The molecule has 0 saturated heterocycles. The molecule has 1 unspecified atom stereocenters. The zero-order valence-corrected chi connectivity index (χ0v) is 11.9. The van der Waals surface area contributed by atoms with E-state index in [0.29, 0.717) is 0 Å². The van der Waals surface area contributed by atoms with Crippen molar-refractivity contribution in [1.82, 2.24) is 0 Å². The van der Waals surface area contributed by atoms with Gasteiger partial charge in [0.1, 0.15) is 6.10 Å². The number of hydrogen-bond donors (Lipinski definition) is 1. The molecule has 0 bridgehead atoms. The van der Waals surface area contributed by atoms with E-state index in [9.17, 15) is 14.7 Å². The molecule has 1 aliphatic rings. The fraction of sp³-hybridized carbons (Fsp3) is 0.500. The summed E-state index contributed by atoms with van der Waals surface area (Å²) in [6, 6.07) is 7.84. The first-order valence-corrected chi connectivity index (χ1v) is 7.07. The average molecular weight is 276 g/mol. The van der Waals surface area contributed by atoms with Crippen molar-refractivity contribution in [3.05, 3.63) is 35.4 Å². The molecule has 4 heteroatoms. The number of ether oxygens (including phenoxy) is 1. The van der Waals surface area contributed by atoms with Gasteiger partial charge in [-0.05, 0) is 36.8 Å². The molecule has 1 aliphatic carbocycles. The molecular formula is C16H20O4. The van der Waals surface area contributed by atoms with Crippen LogP contribution in [0.2, 0.25) is 0 Å². The summed E-state index contributed by atoms with van der Waals surface area (Å²) < 4.78 is 5.53. The van der Waals surface area contributed by atoms with E-state index >= 15 is 0 Å². The van der Waals surface area contributed by atoms with Crippen LogP contribution in [-0.2, 0) is 20.7 Å². The molecule has 0 aromatic heterocycles. The molecule has 0 saturated carbocycles. The largest absolute Gasteiger partial charge is 0.480 e. The minimum atomic E-state index is -1.42. The summed E-state index contributed by atoms with van der Waals surface area (Å²) in [5, 5.41) is 9.36. The van der Waals surface area contributed by atoms with Gasteiger partial charge in [-0.1, -0.05) is 38.1 Å². The minimum absolute atomic E-state index is 0.242. The summed E-state index contributed by atoms with van der Waals surface area (Å²) in [4.78, 5) is 23.8. The quantitative estimate of drug-likeness (QED) is 0.663. The lowest BCUT2D eigenvalue weighted by atomic mass is 9.82. The van der Waals surface area contributed by atoms with Gasteiger partial charge >= 0.3 is 11.9 Å². The topological polar surface area (TPSA) is 63.6 Å². The Morgan fingerprint density at radius 3 is 2.55 bits per heavy atom. The van der Waals surface area contributed by atoms with E-state index in [2.05, 4.69) is 0 Å². The number of carboxylic acid groups (broad SMARTS) is 1. The van der Waals surface area contributed by atoms with Crippen molar-refractivity contribution in [2.45, 2.75) is 45.6 Å². The van der Waals surface area contributed by atoms with Crippen molar-refractivity contribution in [2.24, 2.45) is 5.41 Å². The maximum atomic E-state index is 12.3. The summed E-state index contributed by atoms with van der Waals surface area (Å²) in [6.07, 6.45) is 1.77. The number of aryl methyl sites for hydroxylation is 1. The molecule has 0 radical (unpaired) electrons. The highest BCUT2D eigenvalue weighted by Gasteiger charge is 2.45. The monoisotopic (exact) mass is 276 g/mol. The highest BCUT2D eigenvalue weighted by Crippen LogP contribution is 2.37. The van der Waals surface area contributed by atoms with Crippen LogP contribution < -0.4 is 0 Å². The van der Waals surface area contributed by atoms with Crippen LogP contribution in [0.5, 0.6) is 0 Å². The van der Waals surface area contributed by atoms with Crippen molar-refractivity contribution in [2.75, 3.05) is 0 Å². The SMILES string of the molecule is CCC(CC)(C(=O)O)C(=O)OC1CCc2ccccc21. The molecule has 0 aliphatic heterocycles. The van der Waals surface area contributed by atoms with Gasteiger partial charge in [0.15, 0.2) is 5.41 Å². The third-order valence-corrected chi connectivity index (χ3v) is 4.33. The summed E-state index contributed by atoms with van der Waals surface area (Å²) >= 11 is 0. The lowest BCUT2D eigenvalue weighted by molar-refractivity contribution is -0.173. The van der Waals surface area contributed by atoms with E-state index in [0.717, 1.165) is 18.4 Å². The van der Waals surface area contributed by atoms with Crippen LogP contribution in [0.15, 0.2) is 24.3 Å². The number of carbonyl (C=O) groups excluding carboxylic acids is 1. The number of carbonyl (C=O) groups is 2. The Bertz CT molecular complexity index is 517. The molecule has 0 heterocycles. The predicted molar refractivity (Wildman–Crippen MR) is 74.2 cm³/mol. The fourth-order valence-electron chi connectivity index (χ4n) is 2.81. The number of benzene rings is 1. The van der Waals surface area contributed by atoms with Crippen molar-refractivity contribution in [3.63, 3.8) is 0 Å². The van der Waals surface area contributed by atoms with Crippen molar-refractivity contribution in [3.8, 4) is 0 Å². The molecule has 1 aromatic carbocycles. The third-order valence-electron chi connectivity index (χ3n) is 4.33. The van der Waals surface area contributed by atoms with E-state index in [1.165, 1.54) is 5.56 Å². The van der Waals surface area contributed by atoms with Crippen LogP contribution in [0.1, 0.15) is 50.3 Å². The normalized spacial score (nSPS) is 17.6. The Balaban J connectivity index is 2.19. The van der Waals surface area contributed by atoms with Crippen LogP contribution >= 0.6 is 0 Å². The van der Waals surface area contributed by atoms with Crippen LogP contribution in [0.4, 0.5) is 0 Å². The van der Waals surface area contributed by atoms with Crippen molar-refractivity contribution >= 4 is 11.9 Å². The molecule has 108 valence electrons. The highest BCUT2D eigenvalue weighted by molar-refractivity contribution is 5.99. The molecule has 0 spiro atoms. The molecule has 1 N–H and O–H groups in total. The Labute approximate surface area is 118 Å². The zero-order chi connectivity index (χ0) is 14.8. The second-order valence-corrected chi connectivity index (χ2v) is 5.23. The Hall–Kier alpha value is -1.84. The van der Waals surface area contributed by atoms with Crippen LogP contribution in [0.3, 0.4) is 0 Å². The van der Waals surface area contributed by atoms with E-state index in [4.69, 9.17) is 4.74 Å². The summed E-state index contributed by atoms with van der Waals surface area (Å²) in [6.45, 7) is 3.42. The lowest BCUT2D eigenvalue weighted by Gasteiger charge is -2.26. The van der Waals surface area contributed by atoms with Gasteiger partial charge in [0, 0.05) is 0 Å². The summed E-state index contributed by atoms with van der Waals surface area (Å²) in [5.41, 5.74) is 0.768. The van der Waals surface area contributed by atoms with E-state index in [1.54, 1.807) is 13.8 Å². The van der Waals surface area contributed by atoms with Gasteiger partial charge < -0.3 is 9.84 Å². The Morgan fingerprint density at radius 1 is 1.30 bits per heavy atom. The molecular weight excluding hydrogens is 256 g/mol. The van der Waals surface area contributed by atoms with Crippen LogP contribution in [-0.4, -0.2) is 17.0 Å². The molecule has 1 atom stereocenters. The minimum Gasteiger partial charge on any atom is -0.480 e. The maximum absolute atomic E-state index is 12.3. The van der Waals surface area contributed by atoms with Crippen molar-refractivity contribution < 1.29 is 19.4 Å². The standard InChI is InChI=1S/C16H20O4/c1-3-16(4-2,14(17)18)15(19)20-13-10-9-11-7-5-6-8-12(11)13/h5-8,13H,3-4,9-10H2,1-2H3,(H,17,18). The van der Waals surface area contributed by atoms with E-state index in [-0.39, 0.29) is 18.9 Å². The number of carboxylic acids is 1. The Morgan fingerprint density at radius 2 is 1.95 bits per heavy atom. The van der Waals surface area contributed by atoms with Gasteiger partial charge in [-0.3, -0.25) is 9.59 Å². The fourth-order valence-corrected chi connectivity index (χ4v) is 2.81. The third kappa shape index (κ3) is 2.30. The first kappa shape index (κ1) is 14.6. The Kier molecular flexibility index (Phi) is 4.12. The number of hydrogen-bond acceptors (Lipinski definition) is 3. The molecule has 1 aromatic rings. The number of aliphatic carboxylic acids is 1. The number of fused-ring (bicyclic) bond motifs is 1. The van der Waals surface area contributed by atoms with Crippen LogP contribution in [0, 0.1) is 5.41 Å². The molecule has 4 nitrogen and oxygen atoms in total. The second kappa shape index (κ2) is 5.65. The molecule has 2 rings (SSSR count). The van der Waals surface area contributed by atoms with E-state index in [1.807, 2.05) is 24.3 Å². The van der Waals surface area contributed by atoms with Gasteiger partial charge in [0.05, 0.1) is 0 Å². The molecule has 0 fully saturated rings. The first-order valence-electron chi connectivity index (χ1n) is 7.07. The molecule has 20 heavy (non-hydrogen) atoms. The predicted octanol–water partition coefficient (Wildman–Crippen LogP) is 3.11. The molecule has 0 amide bonds. The maximum Gasteiger partial charge on any atom is 0.324 e.